The van der Waals surface area contributed by atoms with E-state index in [4.69, 9.17) is 11.6 Å². The number of halogens is 1. The Hall–Kier alpha value is -7.71. The Morgan fingerprint density at radius 2 is 0.516 bits per heavy atom. The van der Waals surface area contributed by atoms with E-state index in [1.807, 2.05) is 12.1 Å². The van der Waals surface area contributed by atoms with Gasteiger partial charge >= 0.3 is 0 Å². The summed E-state index contributed by atoms with van der Waals surface area (Å²) in [7, 11) is 0. The van der Waals surface area contributed by atoms with Gasteiger partial charge in [-0.1, -0.05) is 181 Å². The number of hydrogen-bond donors (Lipinski definition) is 0. The fourth-order valence-corrected chi connectivity index (χ4v) is 9.23. The van der Waals surface area contributed by atoms with Crippen LogP contribution in [0.15, 0.2) is 243 Å². The number of anilines is 3. The Morgan fingerprint density at radius 1 is 0.210 bits per heavy atom. The van der Waals surface area contributed by atoms with Crippen LogP contribution < -0.4 is 4.90 Å². The molecule has 0 aromatic heterocycles. The Kier molecular flexibility index (Phi) is 9.65. The van der Waals surface area contributed by atoms with Gasteiger partial charge in [0.15, 0.2) is 0 Å². The zero-order valence-electron chi connectivity index (χ0n) is 33.9. The molecule has 292 valence electrons. The second kappa shape index (κ2) is 16.0. The number of fused-ring (bicyclic) bond motifs is 5. The van der Waals surface area contributed by atoms with Crippen LogP contribution in [-0.4, -0.2) is 0 Å². The maximum atomic E-state index is 7.17. The van der Waals surface area contributed by atoms with Gasteiger partial charge in [-0.15, -0.1) is 0 Å². The zero-order chi connectivity index (χ0) is 41.4. The van der Waals surface area contributed by atoms with Gasteiger partial charge in [0.2, 0.25) is 0 Å². The highest BCUT2D eigenvalue weighted by Gasteiger charge is 2.28. The van der Waals surface area contributed by atoms with Crippen LogP contribution in [-0.2, 0) is 0 Å². The van der Waals surface area contributed by atoms with E-state index in [0.29, 0.717) is 5.02 Å². The predicted molar refractivity (Wildman–Crippen MR) is 263 cm³/mol. The minimum atomic E-state index is 0.689. The average molecular weight is 810 g/mol. The van der Waals surface area contributed by atoms with E-state index < -0.39 is 0 Å². The van der Waals surface area contributed by atoms with E-state index >= 15 is 0 Å². The quantitative estimate of drug-likeness (QED) is 0.155. The van der Waals surface area contributed by atoms with Crippen molar-refractivity contribution in [3.8, 4) is 89.0 Å². The number of hydrogen-bond acceptors (Lipinski definition) is 1. The molecular formula is C60H40ClN. The average Bonchev–Trinajstić information content (AvgIpc) is 3.47. The summed E-state index contributed by atoms with van der Waals surface area (Å²) in [5.41, 5.74) is 21.8. The van der Waals surface area contributed by atoms with Crippen LogP contribution in [0.3, 0.4) is 0 Å². The van der Waals surface area contributed by atoms with Crippen molar-refractivity contribution in [2.45, 2.75) is 0 Å². The monoisotopic (exact) mass is 809 g/mol. The summed E-state index contributed by atoms with van der Waals surface area (Å²) in [6, 6.07) is 87.5. The SMILES string of the molecule is Clc1ccccc1N1c2ccc(-c3cc(-c4ccccc4)cc(-c4ccccc4)c3)cc2-c2ccccc2-c2cc(-c3cc(-c4ccccc4)cc(-c4ccccc4)c3)ccc21. The first kappa shape index (κ1) is 37.3. The lowest BCUT2D eigenvalue weighted by Gasteiger charge is -2.28. The van der Waals surface area contributed by atoms with Gasteiger partial charge in [0.25, 0.3) is 0 Å². The maximum Gasteiger partial charge on any atom is 0.0648 e. The maximum absolute atomic E-state index is 7.17. The third kappa shape index (κ3) is 6.99. The number of rotatable bonds is 7. The van der Waals surface area contributed by atoms with Crippen LogP contribution in [0.1, 0.15) is 0 Å². The first-order valence-corrected chi connectivity index (χ1v) is 21.5. The second-order valence-corrected chi connectivity index (χ2v) is 16.3. The van der Waals surface area contributed by atoms with Crippen LogP contribution in [0.5, 0.6) is 0 Å². The van der Waals surface area contributed by atoms with Gasteiger partial charge in [0, 0.05) is 11.1 Å². The Balaban J connectivity index is 1.12. The van der Waals surface area contributed by atoms with Crippen molar-refractivity contribution in [3.05, 3.63) is 248 Å². The van der Waals surface area contributed by atoms with Crippen molar-refractivity contribution in [2.75, 3.05) is 4.90 Å². The highest BCUT2D eigenvalue weighted by Crippen LogP contribution is 2.53. The van der Waals surface area contributed by atoms with Gasteiger partial charge in [-0.05, 0) is 151 Å². The molecule has 10 aromatic rings. The standard InChI is InChI=1S/C60H40ClN/c61-57-27-15-16-28-60(57)62-58-31-29-45(51-35-47(41-17-5-1-6-18-41)33-48(36-51)42-19-7-2-8-20-42)39-55(58)53-25-13-14-26-54(53)56-40-46(30-32-59(56)62)52-37-49(43-21-9-3-10-22-43)34-50(38-52)44-23-11-4-12-24-44/h1-40H. The Labute approximate surface area is 368 Å². The summed E-state index contributed by atoms with van der Waals surface area (Å²) in [5, 5.41) is 0.689. The van der Waals surface area contributed by atoms with E-state index in [1.54, 1.807) is 0 Å². The van der Waals surface area contributed by atoms with Crippen molar-refractivity contribution in [3.63, 3.8) is 0 Å². The van der Waals surface area contributed by atoms with Crippen molar-refractivity contribution in [2.24, 2.45) is 0 Å². The first-order valence-electron chi connectivity index (χ1n) is 21.1. The third-order valence-electron chi connectivity index (χ3n) is 12.0. The normalized spacial score (nSPS) is 11.6. The molecule has 1 heterocycles. The molecule has 0 spiro atoms. The lowest BCUT2D eigenvalue weighted by molar-refractivity contribution is 1.29. The van der Waals surface area contributed by atoms with Gasteiger partial charge in [0.05, 0.1) is 22.1 Å². The Morgan fingerprint density at radius 3 is 0.871 bits per heavy atom. The topological polar surface area (TPSA) is 3.24 Å². The van der Waals surface area contributed by atoms with Gasteiger partial charge in [-0.3, -0.25) is 0 Å². The highest BCUT2D eigenvalue weighted by molar-refractivity contribution is 6.33. The summed E-state index contributed by atoms with van der Waals surface area (Å²) in [6.07, 6.45) is 0. The molecule has 0 aliphatic carbocycles. The molecule has 2 heteroatoms. The molecule has 1 aliphatic rings. The van der Waals surface area contributed by atoms with E-state index in [0.717, 1.165) is 50.4 Å². The third-order valence-corrected chi connectivity index (χ3v) is 12.4. The van der Waals surface area contributed by atoms with Crippen molar-refractivity contribution >= 4 is 28.7 Å². The summed E-state index contributed by atoms with van der Waals surface area (Å²) in [4.78, 5) is 2.35. The molecule has 0 bridgehead atoms. The smallest absolute Gasteiger partial charge is 0.0648 e. The minimum Gasteiger partial charge on any atom is -0.308 e. The van der Waals surface area contributed by atoms with Crippen LogP contribution >= 0.6 is 11.6 Å². The van der Waals surface area contributed by atoms with Crippen molar-refractivity contribution in [1.82, 2.24) is 0 Å². The molecular weight excluding hydrogens is 770 g/mol. The second-order valence-electron chi connectivity index (χ2n) is 15.9. The van der Waals surface area contributed by atoms with E-state index in [9.17, 15) is 0 Å². The highest BCUT2D eigenvalue weighted by atomic mass is 35.5. The molecule has 0 N–H and O–H groups in total. The molecule has 0 unspecified atom stereocenters. The molecule has 0 saturated heterocycles. The predicted octanol–water partition coefficient (Wildman–Crippen LogP) is 17.5. The molecule has 10 aromatic carbocycles. The molecule has 11 rings (SSSR count). The van der Waals surface area contributed by atoms with Crippen LogP contribution in [0.4, 0.5) is 17.1 Å². The Bertz CT molecular complexity index is 2920. The van der Waals surface area contributed by atoms with Crippen LogP contribution in [0, 0.1) is 0 Å². The number of benzene rings is 10. The van der Waals surface area contributed by atoms with Crippen LogP contribution in [0.2, 0.25) is 5.02 Å². The molecule has 0 saturated carbocycles. The van der Waals surface area contributed by atoms with Crippen molar-refractivity contribution < 1.29 is 0 Å². The largest absolute Gasteiger partial charge is 0.308 e. The van der Waals surface area contributed by atoms with Crippen LogP contribution in [0.25, 0.3) is 89.0 Å². The van der Waals surface area contributed by atoms with E-state index in [1.165, 1.54) is 55.6 Å². The molecule has 0 fully saturated rings. The number of para-hydroxylation sites is 1. The molecule has 62 heavy (non-hydrogen) atoms. The number of nitrogens with zero attached hydrogens (tertiary/aromatic N) is 1. The molecule has 0 radical (unpaired) electrons. The van der Waals surface area contributed by atoms with E-state index in [2.05, 4.69) is 235 Å². The molecule has 0 atom stereocenters. The minimum absolute atomic E-state index is 0.689. The van der Waals surface area contributed by atoms with Crippen molar-refractivity contribution in [1.29, 1.82) is 0 Å². The summed E-state index contributed by atoms with van der Waals surface area (Å²) < 4.78 is 0. The van der Waals surface area contributed by atoms with Gasteiger partial charge < -0.3 is 4.90 Å². The summed E-state index contributed by atoms with van der Waals surface area (Å²) >= 11 is 7.17. The first-order chi connectivity index (χ1) is 30.6. The molecule has 0 amide bonds. The molecule has 1 nitrogen and oxygen atoms in total. The van der Waals surface area contributed by atoms with Gasteiger partial charge in [-0.25, -0.2) is 0 Å². The lowest BCUT2D eigenvalue weighted by atomic mass is 9.89. The van der Waals surface area contributed by atoms with E-state index in [-0.39, 0.29) is 0 Å². The fourth-order valence-electron chi connectivity index (χ4n) is 9.01. The molecule has 1 aliphatic heterocycles. The summed E-state index contributed by atoms with van der Waals surface area (Å²) in [5.74, 6) is 0. The van der Waals surface area contributed by atoms with Gasteiger partial charge in [0.1, 0.15) is 0 Å². The van der Waals surface area contributed by atoms with Gasteiger partial charge in [-0.2, -0.15) is 0 Å². The summed E-state index contributed by atoms with van der Waals surface area (Å²) in [6.45, 7) is 0. The fraction of sp³-hybridized carbons (Fsp3) is 0. The lowest BCUT2D eigenvalue weighted by Crippen LogP contribution is -2.11. The zero-order valence-corrected chi connectivity index (χ0v) is 34.7.